The molecule has 0 spiro atoms. The van der Waals surface area contributed by atoms with E-state index >= 15 is 0 Å². The lowest BCUT2D eigenvalue weighted by Crippen LogP contribution is -2.11. The number of rotatable bonds is 4. The molecule has 0 radical (unpaired) electrons. The van der Waals surface area contributed by atoms with Gasteiger partial charge in [-0.05, 0) is 61.4 Å². The van der Waals surface area contributed by atoms with Gasteiger partial charge in [0.05, 0.1) is 16.6 Å². The van der Waals surface area contributed by atoms with Gasteiger partial charge in [0.2, 0.25) is 0 Å². The highest BCUT2D eigenvalue weighted by Gasteiger charge is 2.12. The van der Waals surface area contributed by atoms with Crippen molar-refractivity contribution in [3.8, 4) is 0 Å². The first-order chi connectivity index (χ1) is 9.47. The Morgan fingerprint density at radius 3 is 2.30 bits per heavy atom. The molecular weight excluding hydrogens is 292 g/mol. The Bertz CT molecular complexity index is 663. The van der Waals surface area contributed by atoms with E-state index in [0.717, 1.165) is 11.1 Å². The predicted octanol–water partition coefficient (Wildman–Crippen LogP) is 3.95. The van der Waals surface area contributed by atoms with Gasteiger partial charge in [-0.15, -0.1) is 0 Å². The zero-order valence-corrected chi connectivity index (χ0v) is 12.9. The van der Waals surface area contributed by atoms with E-state index in [-0.39, 0.29) is 11.5 Å². The van der Waals surface area contributed by atoms with Gasteiger partial charge in [0.1, 0.15) is 0 Å². The van der Waals surface area contributed by atoms with Crippen LogP contribution in [0.5, 0.6) is 0 Å². The minimum atomic E-state index is -1.32. The van der Waals surface area contributed by atoms with Crippen LogP contribution in [0.25, 0.3) is 0 Å². The second-order valence-corrected chi connectivity index (χ2v) is 6.55. The summed E-state index contributed by atoms with van der Waals surface area (Å²) in [6.45, 7) is 3.97. The lowest BCUT2D eigenvalue weighted by molar-refractivity contribution is 0.102. The molecule has 2 nitrogen and oxygen atoms in total. The van der Waals surface area contributed by atoms with Crippen LogP contribution in [0, 0.1) is 13.8 Å². The number of halogens is 1. The normalized spacial score (nSPS) is 12.2. The smallest absolute Gasteiger partial charge is 0.175 e. The Kier molecular flexibility index (Phi) is 4.73. The van der Waals surface area contributed by atoms with Gasteiger partial charge in [-0.1, -0.05) is 17.7 Å². The van der Waals surface area contributed by atoms with Crippen molar-refractivity contribution < 1.29 is 9.00 Å². The van der Waals surface area contributed by atoms with Gasteiger partial charge >= 0.3 is 0 Å². The average molecular weight is 307 g/mol. The van der Waals surface area contributed by atoms with Crippen molar-refractivity contribution in [3.63, 3.8) is 0 Å². The van der Waals surface area contributed by atoms with Crippen LogP contribution < -0.4 is 0 Å². The van der Waals surface area contributed by atoms with Gasteiger partial charge < -0.3 is 0 Å². The van der Waals surface area contributed by atoms with Gasteiger partial charge in [-0.2, -0.15) is 0 Å². The topological polar surface area (TPSA) is 34.1 Å². The van der Waals surface area contributed by atoms with Crippen molar-refractivity contribution in [2.75, 3.05) is 5.75 Å². The molecule has 20 heavy (non-hydrogen) atoms. The number of Topliss-reactive ketones (excluding diaryl/α,β-unsaturated/α-hetero) is 1. The van der Waals surface area contributed by atoms with Gasteiger partial charge in [-0.3, -0.25) is 9.00 Å². The first-order valence-corrected chi connectivity index (χ1v) is 7.91. The van der Waals surface area contributed by atoms with Crippen molar-refractivity contribution >= 4 is 28.2 Å². The molecule has 0 heterocycles. The highest BCUT2D eigenvalue weighted by Crippen LogP contribution is 2.15. The number of benzene rings is 2. The Morgan fingerprint density at radius 2 is 1.70 bits per heavy atom. The van der Waals surface area contributed by atoms with E-state index in [2.05, 4.69) is 0 Å². The van der Waals surface area contributed by atoms with Gasteiger partial charge in [0, 0.05) is 15.5 Å². The molecule has 2 aromatic carbocycles. The molecule has 0 saturated heterocycles. The van der Waals surface area contributed by atoms with Crippen LogP contribution in [0.3, 0.4) is 0 Å². The second-order valence-electron chi connectivity index (χ2n) is 4.67. The largest absolute Gasteiger partial charge is 0.293 e. The molecule has 4 heteroatoms. The molecular formula is C16H15ClO2S. The molecule has 0 aromatic heterocycles. The summed E-state index contributed by atoms with van der Waals surface area (Å²) in [6.07, 6.45) is 0. The molecule has 0 aliphatic heterocycles. The number of aryl methyl sites for hydroxylation is 2. The fourth-order valence-electron chi connectivity index (χ4n) is 1.78. The summed E-state index contributed by atoms with van der Waals surface area (Å²) >= 11 is 5.78. The first-order valence-electron chi connectivity index (χ1n) is 6.22. The molecule has 0 bridgehead atoms. The molecule has 1 unspecified atom stereocenters. The van der Waals surface area contributed by atoms with E-state index in [0.29, 0.717) is 15.5 Å². The number of carbonyl (C=O) groups is 1. The molecule has 1 atom stereocenters. The van der Waals surface area contributed by atoms with Gasteiger partial charge in [0.25, 0.3) is 0 Å². The molecule has 0 saturated carbocycles. The van der Waals surface area contributed by atoms with Crippen molar-refractivity contribution in [1.82, 2.24) is 0 Å². The maximum atomic E-state index is 12.2. The highest BCUT2D eigenvalue weighted by molar-refractivity contribution is 7.85. The van der Waals surface area contributed by atoms with Crippen LogP contribution >= 0.6 is 11.6 Å². The Morgan fingerprint density at radius 1 is 1.05 bits per heavy atom. The van der Waals surface area contributed by atoms with Crippen molar-refractivity contribution in [1.29, 1.82) is 0 Å². The number of hydrogen-bond acceptors (Lipinski definition) is 2. The summed E-state index contributed by atoms with van der Waals surface area (Å²) in [4.78, 5) is 12.7. The molecule has 2 aromatic rings. The first kappa shape index (κ1) is 14.9. The summed E-state index contributed by atoms with van der Waals surface area (Å²) in [5, 5.41) is 0.580. The van der Waals surface area contributed by atoms with Crippen LogP contribution in [0.1, 0.15) is 21.5 Å². The summed E-state index contributed by atoms with van der Waals surface area (Å²) in [5.74, 6) is -0.150. The lowest BCUT2D eigenvalue weighted by atomic mass is 10.1. The summed E-state index contributed by atoms with van der Waals surface area (Å²) in [6, 6.07) is 12.2. The van der Waals surface area contributed by atoms with Crippen LogP contribution in [-0.2, 0) is 10.8 Å². The third kappa shape index (κ3) is 3.56. The summed E-state index contributed by atoms with van der Waals surface area (Å²) in [7, 11) is -1.32. The third-order valence-electron chi connectivity index (χ3n) is 3.17. The molecule has 2 rings (SSSR count). The average Bonchev–Trinajstić information content (AvgIpc) is 2.42. The quantitative estimate of drug-likeness (QED) is 0.802. The fraction of sp³-hybridized carbons (Fsp3) is 0.188. The molecule has 104 valence electrons. The monoisotopic (exact) mass is 306 g/mol. The van der Waals surface area contributed by atoms with E-state index in [9.17, 15) is 9.00 Å². The third-order valence-corrected chi connectivity index (χ3v) is 4.73. The van der Waals surface area contributed by atoms with Crippen molar-refractivity contribution in [2.45, 2.75) is 18.7 Å². The van der Waals surface area contributed by atoms with Crippen molar-refractivity contribution in [2.24, 2.45) is 0 Å². The van der Waals surface area contributed by atoms with Gasteiger partial charge in [0.15, 0.2) is 5.78 Å². The Labute approximate surface area is 126 Å². The predicted molar refractivity (Wildman–Crippen MR) is 83.0 cm³/mol. The highest BCUT2D eigenvalue weighted by atomic mass is 35.5. The SMILES string of the molecule is Cc1ccc(S(=O)CC(=O)c2ccc(Cl)cc2)cc1C. The van der Waals surface area contributed by atoms with Crippen LogP contribution in [0.2, 0.25) is 5.02 Å². The zero-order chi connectivity index (χ0) is 14.7. The molecule has 0 aliphatic carbocycles. The molecule has 0 aliphatic rings. The fourth-order valence-corrected chi connectivity index (χ4v) is 3.00. The maximum Gasteiger partial charge on any atom is 0.175 e. The Hall–Kier alpha value is -1.45. The van der Waals surface area contributed by atoms with Crippen LogP contribution in [-0.4, -0.2) is 15.7 Å². The lowest BCUT2D eigenvalue weighted by Gasteiger charge is -2.05. The van der Waals surface area contributed by atoms with Crippen LogP contribution in [0.15, 0.2) is 47.4 Å². The minimum absolute atomic E-state index is 0.00979. The summed E-state index contributed by atoms with van der Waals surface area (Å²) in [5.41, 5.74) is 2.76. The molecule has 0 fully saturated rings. The van der Waals surface area contributed by atoms with Crippen molar-refractivity contribution in [3.05, 3.63) is 64.2 Å². The zero-order valence-electron chi connectivity index (χ0n) is 11.4. The maximum absolute atomic E-state index is 12.2. The van der Waals surface area contributed by atoms with E-state index in [1.807, 2.05) is 32.0 Å². The number of hydrogen-bond donors (Lipinski definition) is 0. The summed E-state index contributed by atoms with van der Waals surface area (Å²) < 4.78 is 12.2. The van der Waals surface area contributed by atoms with E-state index in [1.54, 1.807) is 24.3 Å². The van der Waals surface area contributed by atoms with Crippen LogP contribution in [0.4, 0.5) is 0 Å². The Balaban J connectivity index is 2.13. The molecule has 0 N–H and O–H groups in total. The number of carbonyl (C=O) groups excluding carboxylic acids is 1. The molecule has 0 amide bonds. The van der Waals surface area contributed by atoms with E-state index in [4.69, 9.17) is 11.6 Å². The standard InChI is InChI=1S/C16H15ClO2S/c1-11-3-8-15(9-12(11)2)20(19)10-16(18)13-4-6-14(17)7-5-13/h3-9H,10H2,1-2H3. The van der Waals surface area contributed by atoms with E-state index in [1.165, 1.54) is 0 Å². The van der Waals surface area contributed by atoms with Gasteiger partial charge in [-0.25, -0.2) is 0 Å². The second kappa shape index (κ2) is 6.33. The minimum Gasteiger partial charge on any atom is -0.293 e. The van der Waals surface area contributed by atoms with E-state index < -0.39 is 10.8 Å². The number of ketones is 1.